The van der Waals surface area contributed by atoms with Crippen molar-refractivity contribution in [2.45, 2.75) is 38.0 Å². The van der Waals surface area contributed by atoms with E-state index in [2.05, 4.69) is 10.4 Å². The van der Waals surface area contributed by atoms with E-state index in [1.807, 2.05) is 24.3 Å². The standard InChI is InChI=1S/C25H26FN3O3/c1-17-15-21(30)23(28-29(17)20-11-5-4-10-19(20)26)24(31)27-16-25(13-7-8-14-25)18-9-3-6-12-22(18)32-2/h3-6,9-12,15H,7-8,13-14,16H2,1-2H3,(H,27,31). The first-order chi connectivity index (χ1) is 15.4. The van der Waals surface area contributed by atoms with Gasteiger partial charge in [-0.25, -0.2) is 9.07 Å². The van der Waals surface area contributed by atoms with E-state index < -0.39 is 17.2 Å². The Morgan fingerprint density at radius 3 is 2.56 bits per heavy atom. The number of benzene rings is 2. The largest absolute Gasteiger partial charge is 0.496 e. The molecule has 6 nitrogen and oxygen atoms in total. The molecule has 1 fully saturated rings. The summed E-state index contributed by atoms with van der Waals surface area (Å²) in [6, 6.07) is 15.3. The van der Waals surface area contributed by atoms with Crippen molar-refractivity contribution in [1.82, 2.24) is 15.1 Å². The normalized spacial score (nSPS) is 14.8. The van der Waals surface area contributed by atoms with Crippen LogP contribution in [0.25, 0.3) is 5.69 Å². The third-order valence-corrected chi connectivity index (χ3v) is 6.23. The summed E-state index contributed by atoms with van der Waals surface area (Å²) in [6.07, 6.45) is 3.93. The van der Waals surface area contributed by atoms with Gasteiger partial charge in [-0.3, -0.25) is 9.59 Å². The van der Waals surface area contributed by atoms with Crippen molar-refractivity contribution in [2.24, 2.45) is 0 Å². The van der Waals surface area contributed by atoms with Gasteiger partial charge in [-0.2, -0.15) is 5.10 Å². The molecule has 0 aliphatic heterocycles. The van der Waals surface area contributed by atoms with Gasteiger partial charge in [-0.05, 0) is 38.0 Å². The highest BCUT2D eigenvalue weighted by Gasteiger charge is 2.38. The third-order valence-electron chi connectivity index (χ3n) is 6.23. The van der Waals surface area contributed by atoms with Crippen LogP contribution >= 0.6 is 0 Å². The van der Waals surface area contributed by atoms with E-state index in [0.29, 0.717) is 12.2 Å². The predicted molar refractivity (Wildman–Crippen MR) is 120 cm³/mol. The molecule has 1 aliphatic carbocycles. The number of nitrogens with zero attached hydrogens (tertiary/aromatic N) is 2. The van der Waals surface area contributed by atoms with E-state index >= 15 is 0 Å². The number of aromatic nitrogens is 2. The summed E-state index contributed by atoms with van der Waals surface area (Å²) >= 11 is 0. The zero-order valence-electron chi connectivity index (χ0n) is 18.2. The van der Waals surface area contributed by atoms with E-state index in [0.717, 1.165) is 37.0 Å². The molecule has 1 aliphatic rings. The highest BCUT2D eigenvalue weighted by atomic mass is 19.1. The molecule has 1 saturated carbocycles. The molecule has 32 heavy (non-hydrogen) atoms. The molecule has 0 unspecified atom stereocenters. The number of hydrogen-bond acceptors (Lipinski definition) is 4. The maximum absolute atomic E-state index is 14.3. The summed E-state index contributed by atoms with van der Waals surface area (Å²) in [7, 11) is 1.64. The van der Waals surface area contributed by atoms with Crippen LogP contribution in [0.1, 0.15) is 47.4 Å². The Hall–Kier alpha value is -3.48. The molecule has 1 amide bonds. The Morgan fingerprint density at radius 2 is 1.84 bits per heavy atom. The first-order valence-corrected chi connectivity index (χ1v) is 10.7. The molecule has 2 aromatic carbocycles. The lowest BCUT2D eigenvalue weighted by atomic mass is 9.78. The number of carbonyl (C=O) groups excluding carboxylic acids is 1. The average Bonchev–Trinajstić information content (AvgIpc) is 3.28. The smallest absolute Gasteiger partial charge is 0.275 e. The van der Waals surface area contributed by atoms with Crippen LogP contribution in [0.5, 0.6) is 5.75 Å². The lowest BCUT2D eigenvalue weighted by molar-refractivity contribution is 0.0934. The number of methoxy groups -OCH3 is 1. The molecule has 0 bridgehead atoms. The SMILES string of the molecule is COc1ccccc1C1(CNC(=O)c2nn(-c3ccccc3F)c(C)cc2=O)CCCC1. The van der Waals surface area contributed by atoms with Gasteiger partial charge in [-0.1, -0.05) is 43.2 Å². The van der Waals surface area contributed by atoms with Crippen molar-refractivity contribution in [3.63, 3.8) is 0 Å². The van der Waals surface area contributed by atoms with Crippen LogP contribution in [0.4, 0.5) is 4.39 Å². The monoisotopic (exact) mass is 435 g/mol. The second-order valence-corrected chi connectivity index (χ2v) is 8.23. The number of hydrogen-bond donors (Lipinski definition) is 1. The van der Waals surface area contributed by atoms with Crippen LogP contribution in [-0.4, -0.2) is 29.3 Å². The van der Waals surface area contributed by atoms with Crippen LogP contribution < -0.4 is 15.5 Å². The number of carbonyl (C=O) groups is 1. The Kier molecular flexibility index (Phi) is 6.08. The van der Waals surface area contributed by atoms with Crippen molar-refractivity contribution in [3.8, 4) is 11.4 Å². The number of rotatable bonds is 6. The molecule has 1 aromatic heterocycles. The summed E-state index contributed by atoms with van der Waals surface area (Å²) in [5, 5.41) is 7.13. The van der Waals surface area contributed by atoms with Gasteiger partial charge in [0.1, 0.15) is 17.3 Å². The maximum atomic E-state index is 14.3. The third kappa shape index (κ3) is 4.02. The van der Waals surface area contributed by atoms with Gasteiger partial charge < -0.3 is 10.1 Å². The van der Waals surface area contributed by atoms with Crippen molar-refractivity contribution < 1.29 is 13.9 Å². The Labute approximate surface area is 186 Å². The number of nitrogens with one attached hydrogen (secondary N) is 1. The molecule has 0 spiro atoms. The molecule has 7 heteroatoms. The minimum Gasteiger partial charge on any atom is -0.496 e. The van der Waals surface area contributed by atoms with Crippen molar-refractivity contribution in [1.29, 1.82) is 0 Å². The highest BCUT2D eigenvalue weighted by molar-refractivity contribution is 5.92. The Morgan fingerprint density at radius 1 is 1.16 bits per heavy atom. The fraction of sp³-hybridized carbons (Fsp3) is 0.320. The van der Waals surface area contributed by atoms with Gasteiger partial charge >= 0.3 is 0 Å². The van der Waals surface area contributed by atoms with Gasteiger partial charge in [0, 0.05) is 29.3 Å². The number of para-hydroxylation sites is 2. The molecule has 3 aromatic rings. The van der Waals surface area contributed by atoms with E-state index in [-0.39, 0.29) is 16.8 Å². The molecule has 1 N–H and O–H groups in total. The fourth-order valence-electron chi connectivity index (χ4n) is 4.58. The Bertz CT molecular complexity index is 1200. The van der Waals surface area contributed by atoms with E-state index in [4.69, 9.17) is 4.74 Å². The summed E-state index contributed by atoms with van der Waals surface area (Å²) in [5.74, 6) is -0.264. The topological polar surface area (TPSA) is 73.2 Å². The molecule has 4 rings (SSSR count). The van der Waals surface area contributed by atoms with Gasteiger partial charge in [0.2, 0.25) is 5.43 Å². The molecule has 1 heterocycles. The van der Waals surface area contributed by atoms with Gasteiger partial charge in [0.25, 0.3) is 5.91 Å². The lowest BCUT2D eigenvalue weighted by Gasteiger charge is -2.31. The van der Waals surface area contributed by atoms with Crippen molar-refractivity contribution in [2.75, 3.05) is 13.7 Å². The first-order valence-electron chi connectivity index (χ1n) is 10.7. The molecular formula is C25H26FN3O3. The van der Waals surface area contributed by atoms with Crippen LogP contribution in [0, 0.1) is 12.7 Å². The molecular weight excluding hydrogens is 409 g/mol. The van der Waals surface area contributed by atoms with Crippen LogP contribution in [-0.2, 0) is 5.41 Å². The van der Waals surface area contributed by atoms with Gasteiger partial charge in [-0.15, -0.1) is 0 Å². The quantitative estimate of drug-likeness (QED) is 0.637. The summed E-state index contributed by atoms with van der Waals surface area (Å²) < 4.78 is 21.2. The number of amides is 1. The van der Waals surface area contributed by atoms with E-state index in [1.54, 1.807) is 32.2 Å². The zero-order chi connectivity index (χ0) is 22.7. The van der Waals surface area contributed by atoms with E-state index in [9.17, 15) is 14.0 Å². The molecule has 166 valence electrons. The average molecular weight is 435 g/mol. The fourth-order valence-corrected chi connectivity index (χ4v) is 4.58. The first kappa shape index (κ1) is 21.7. The van der Waals surface area contributed by atoms with Gasteiger partial charge in [0.15, 0.2) is 5.69 Å². The molecule has 0 radical (unpaired) electrons. The number of ether oxygens (including phenoxy) is 1. The summed E-state index contributed by atoms with van der Waals surface area (Å²) in [4.78, 5) is 25.6. The molecule has 0 atom stereocenters. The van der Waals surface area contributed by atoms with Crippen LogP contribution in [0.15, 0.2) is 59.4 Å². The minimum atomic E-state index is -0.568. The second-order valence-electron chi connectivity index (χ2n) is 8.23. The van der Waals surface area contributed by atoms with Crippen molar-refractivity contribution in [3.05, 3.63) is 87.6 Å². The number of halogens is 1. The van der Waals surface area contributed by atoms with Crippen LogP contribution in [0.3, 0.4) is 0 Å². The van der Waals surface area contributed by atoms with Gasteiger partial charge in [0.05, 0.1) is 7.11 Å². The number of aryl methyl sites for hydroxylation is 1. The summed E-state index contributed by atoms with van der Waals surface area (Å²) in [6.45, 7) is 2.01. The minimum absolute atomic E-state index is 0.181. The van der Waals surface area contributed by atoms with Crippen molar-refractivity contribution >= 4 is 5.91 Å². The second kappa shape index (κ2) is 8.94. The Balaban J connectivity index is 1.63. The predicted octanol–water partition coefficient (Wildman–Crippen LogP) is 3.93. The zero-order valence-corrected chi connectivity index (χ0v) is 18.2. The lowest BCUT2D eigenvalue weighted by Crippen LogP contribution is -2.41. The maximum Gasteiger partial charge on any atom is 0.275 e. The van der Waals surface area contributed by atoms with E-state index in [1.165, 1.54) is 16.8 Å². The highest BCUT2D eigenvalue weighted by Crippen LogP contribution is 2.44. The van der Waals surface area contributed by atoms with Crippen LogP contribution in [0.2, 0.25) is 0 Å². The summed E-state index contributed by atoms with van der Waals surface area (Å²) in [5.41, 5.74) is 0.661. The molecule has 0 saturated heterocycles.